The standard InChI is InChI=1S/C25H31N5O4S/c1-18(2)23(25-28-24(29-34-25)20-12-14-26-15-13-20)27-22(31)11-8-19-6-9-21(10-7-19)35(32,33)30-16-4-3-5-17-30/h6-7,9-10,12-15,18,23H,3-5,8,11,16-17H2,1-2H3,(H,27,31). The third-order valence-electron chi connectivity index (χ3n) is 6.15. The zero-order chi connectivity index (χ0) is 24.8. The van der Waals surface area contributed by atoms with Crippen molar-refractivity contribution in [2.75, 3.05) is 13.1 Å². The van der Waals surface area contributed by atoms with Crippen LogP contribution in [-0.2, 0) is 21.2 Å². The summed E-state index contributed by atoms with van der Waals surface area (Å²) >= 11 is 0. The number of benzene rings is 1. The van der Waals surface area contributed by atoms with E-state index >= 15 is 0 Å². The molecule has 1 amide bonds. The number of aryl methyl sites for hydroxylation is 1. The Bertz CT molecular complexity index is 1220. The lowest BCUT2D eigenvalue weighted by molar-refractivity contribution is -0.122. The van der Waals surface area contributed by atoms with Gasteiger partial charge in [-0.25, -0.2) is 8.42 Å². The topological polar surface area (TPSA) is 118 Å². The molecule has 1 aliphatic heterocycles. The molecule has 1 N–H and O–H groups in total. The molecule has 4 rings (SSSR count). The second-order valence-corrected chi connectivity index (χ2v) is 11.0. The Balaban J connectivity index is 1.35. The Morgan fingerprint density at radius 3 is 2.40 bits per heavy atom. The van der Waals surface area contributed by atoms with Crippen LogP contribution in [0.15, 0.2) is 58.2 Å². The van der Waals surface area contributed by atoms with Crippen molar-refractivity contribution < 1.29 is 17.7 Å². The van der Waals surface area contributed by atoms with E-state index in [1.165, 1.54) is 0 Å². The van der Waals surface area contributed by atoms with Gasteiger partial charge in [0.25, 0.3) is 0 Å². The van der Waals surface area contributed by atoms with Gasteiger partial charge in [-0.2, -0.15) is 9.29 Å². The number of amides is 1. The molecule has 10 heteroatoms. The van der Waals surface area contributed by atoms with Crippen LogP contribution in [0.5, 0.6) is 0 Å². The number of hydrogen-bond donors (Lipinski definition) is 1. The average molecular weight is 498 g/mol. The first kappa shape index (κ1) is 25.0. The maximum absolute atomic E-state index is 12.8. The molecule has 0 saturated carbocycles. The van der Waals surface area contributed by atoms with Crippen LogP contribution in [0.1, 0.15) is 57.0 Å². The molecule has 1 aromatic carbocycles. The molecule has 3 heterocycles. The third kappa shape index (κ3) is 6.12. The fourth-order valence-corrected chi connectivity index (χ4v) is 5.60. The smallest absolute Gasteiger partial charge is 0.249 e. The second-order valence-electron chi connectivity index (χ2n) is 9.09. The monoisotopic (exact) mass is 497 g/mol. The van der Waals surface area contributed by atoms with Crippen molar-refractivity contribution in [3.63, 3.8) is 0 Å². The van der Waals surface area contributed by atoms with E-state index in [2.05, 4.69) is 20.4 Å². The van der Waals surface area contributed by atoms with Crippen LogP contribution in [0, 0.1) is 5.92 Å². The van der Waals surface area contributed by atoms with E-state index in [4.69, 9.17) is 4.52 Å². The van der Waals surface area contributed by atoms with Gasteiger partial charge in [0.15, 0.2) is 0 Å². The molecule has 1 atom stereocenters. The fourth-order valence-electron chi connectivity index (χ4n) is 4.08. The molecule has 1 unspecified atom stereocenters. The van der Waals surface area contributed by atoms with Gasteiger partial charge in [0.2, 0.25) is 27.6 Å². The predicted octanol–water partition coefficient (Wildman–Crippen LogP) is 3.75. The first-order valence-electron chi connectivity index (χ1n) is 12.0. The molecular formula is C25H31N5O4S. The Morgan fingerprint density at radius 1 is 1.06 bits per heavy atom. The second kappa shape index (κ2) is 11.1. The Morgan fingerprint density at radius 2 is 1.74 bits per heavy atom. The lowest BCUT2D eigenvalue weighted by Gasteiger charge is -2.25. The Labute approximate surface area is 206 Å². The highest BCUT2D eigenvalue weighted by Gasteiger charge is 2.26. The van der Waals surface area contributed by atoms with Crippen LogP contribution >= 0.6 is 0 Å². The summed E-state index contributed by atoms with van der Waals surface area (Å²) in [4.78, 5) is 21.5. The Kier molecular flexibility index (Phi) is 7.92. The molecule has 35 heavy (non-hydrogen) atoms. The molecule has 9 nitrogen and oxygen atoms in total. The minimum Gasteiger partial charge on any atom is -0.344 e. The highest BCUT2D eigenvalue weighted by molar-refractivity contribution is 7.89. The quantitative estimate of drug-likeness (QED) is 0.478. The van der Waals surface area contributed by atoms with E-state index < -0.39 is 16.1 Å². The van der Waals surface area contributed by atoms with Gasteiger partial charge in [-0.15, -0.1) is 0 Å². The first-order valence-corrected chi connectivity index (χ1v) is 13.4. The fraction of sp³-hybridized carbons (Fsp3) is 0.440. The van der Waals surface area contributed by atoms with Gasteiger partial charge >= 0.3 is 0 Å². The van der Waals surface area contributed by atoms with Crippen molar-refractivity contribution in [1.29, 1.82) is 0 Å². The number of hydrogen-bond acceptors (Lipinski definition) is 7. The first-order chi connectivity index (χ1) is 16.8. The number of nitrogens with one attached hydrogen (secondary N) is 1. The maximum Gasteiger partial charge on any atom is 0.249 e. The maximum atomic E-state index is 12.8. The van der Waals surface area contributed by atoms with E-state index in [0.717, 1.165) is 30.4 Å². The third-order valence-corrected chi connectivity index (χ3v) is 8.06. The summed E-state index contributed by atoms with van der Waals surface area (Å²) in [7, 11) is -3.46. The molecule has 1 aliphatic rings. The van der Waals surface area contributed by atoms with Gasteiger partial charge < -0.3 is 9.84 Å². The lowest BCUT2D eigenvalue weighted by Crippen LogP contribution is -2.35. The van der Waals surface area contributed by atoms with E-state index in [-0.39, 0.29) is 18.2 Å². The van der Waals surface area contributed by atoms with E-state index in [1.54, 1.807) is 53.1 Å². The lowest BCUT2D eigenvalue weighted by atomic mass is 10.0. The van der Waals surface area contributed by atoms with Gasteiger partial charge in [-0.3, -0.25) is 9.78 Å². The molecular weight excluding hydrogens is 466 g/mol. The number of piperidine rings is 1. The van der Waals surface area contributed by atoms with Crippen LogP contribution < -0.4 is 5.32 Å². The summed E-state index contributed by atoms with van der Waals surface area (Å²) in [6.07, 6.45) is 6.94. The van der Waals surface area contributed by atoms with Crippen LogP contribution in [0.25, 0.3) is 11.4 Å². The van der Waals surface area contributed by atoms with Crippen molar-refractivity contribution in [2.45, 2.75) is 56.9 Å². The van der Waals surface area contributed by atoms with Crippen molar-refractivity contribution >= 4 is 15.9 Å². The number of carbonyl (C=O) groups is 1. The molecule has 1 saturated heterocycles. The summed E-state index contributed by atoms with van der Waals surface area (Å²) < 4.78 is 32.6. The van der Waals surface area contributed by atoms with Crippen molar-refractivity contribution in [3.8, 4) is 11.4 Å². The number of sulfonamides is 1. The molecule has 0 radical (unpaired) electrons. The number of pyridine rings is 1. The summed E-state index contributed by atoms with van der Waals surface area (Å²) in [6, 6.07) is 10.00. The van der Waals surface area contributed by atoms with E-state index in [9.17, 15) is 13.2 Å². The molecule has 0 bridgehead atoms. The summed E-state index contributed by atoms with van der Waals surface area (Å²) in [5.74, 6) is 0.704. The number of aromatic nitrogens is 3. The molecule has 3 aromatic rings. The van der Waals surface area contributed by atoms with Gasteiger partial charge in [0, 0.05) is 37.5 Å². The molecule has 2 aromatic heterocycles. The summed E-state index contributed by atoms with van der Waals surface area (Å²) in [5.41, 5.74) is 1.69. The van der Waals surface area contributed by atoms with Crippen molar-refractivity contribution in [2.24, 2.45) is 5.92 Å². The van der Waals surface area contributed by atoms with Gasteiger partial charge in [-0.05, 0) is 55.0 Å². The summed E-state index contributed by atoms with van der Waals surface area (Å²) in [6.45, 7) is 5.10. The molecule has 0 spiro atoms. The minimum atomic E-state index is -3.46. The van der Waals surface area contributed by atoms with Crippen LogP contribution in [0.4, 0.5) is 0 Å². The highest BCUT2D eigenvalue weighted by atomic mass is 32.2. The highest BCUT2D eigenvalue weighted by Crippen LogP contribution is 2.24. The normalized spacial score (nSPS) is 15.7. The van der Waals surface area contributed by atoms with Gasteiger partial charge in [-0.1, -0.05) is 37.6 Å². The van der Waals surface area contributed by atoms with Crippen LogP contribution in [0.2, 0.25) is 0 Å². The average Bonchev–Trinajstić information content (AvgIpc) is 3.37. The molecule has 186 valence electrons. The molecule has 0 aliphatic carbocycles. The van der Waals surface area contributed by atoms with Crippen molar-refractivity contribution in [1.82, 2.24) is 24.7 Å². The number of rotatable bonds is 9. The van der Waals surface area contributed by atoms with Crippen LogP contribution in [0.3, 0.4) is 0 Å². The van der Waals surface area contributed by atoms with E-state index in [0.29, 0.717) is 36.1 Å². The van der Waals surface area contributed by atoms with Crippen LogP contribution in [-0.4, -0.2) is 46.8 Å². The zero-order valence-corrected chi connectivity index (χ0v) is 20.9. The largest absolute Gasteiger partial charge is 0.344 e. The predicted molar refractivity (Wildman–Crippen MR) is 131 cm³/mol. The summed E-state index contributed by atoms with van der Waals surface area (Å²) in [5, 5.41) is 7.03. The van der Waals surface area contributed by atoms with Gasteiger partial charge in [0.1, 0.15) is 6.04 Å². The van der Waals surface area contributed by atoms with E-state index in [1.807, 2.05) is 13.8 Å². The number of carbonyl (C=O) groups excluding carboxylic acids is 1. The Hall–Kier alpha value is -3.11. The SMILES string of the molecule is CC(C)C(NC(=O)CCc1ccc(S(=O)(=O)N2CCCCC2)cc1)c1nc(-c2ccncc2)no1. The molecule has 1 fully saturated rings. The zero-order valence-electron chi connectivity index (χ0n) is 20.1. The number of nitrogens with zero attached hydrogens (tertiary/aromatic N) is 4. The van der Waals surface area contributed by atoms with Crippen molar-refractivity contribution in [3.05, 3.63) is 60.2 Å². The van der Waals surface area contributed by atoms with Gasteiger partial charge in [0.05, 0.1) is 4.90 Å². The minimum absolute atomic E-state index is 0.0453.